The molecule has 130 valence electrons. The summed E-state index contributed by atoms with van der Waals surface area (Å²) in [5.41, 5.74) is -0.326. The van der Waals surface area contributed by atoms with Crippen molar-refractivity contribution in [3.05, 3.63) is 60.7 Å². The number of benzene rings is 2. The van der Waals surface area contributed by atoms with Gasteiger partial charge in [0.15, 0.2) is 0 Å². The van der Waals surface area contributed by atoms with Crippen LogP contribution in [-0.4, -0.2) is 34.7 Å². The average molecular weight is 359 g/mol. The Hall–Kier alpha value is -1.21. The Morgan fingerprint density at radius 3 is 1.54 bits per heavy atom. The Balaban J connectivity index is 2.71. The van der Waals surface area contributed by atoms with E-state index in [1.807, 2.05) is 0 Å². The lowest BCUT2D eigenvalue weighted by Gasteiger charge is -2.46. The molecule has 0 heterocycles. The normalized spacial score (nSPS) is 13.1. The highest BCUT2D eigenvalue weighted by atomic mass is 29.3. The van der Waals surface area contributed by atoms with Crippen molar-refractivity contribution in [2.24, 2.45) is 0 Å². The lowest BCUT2D eigenvalue weighted by atomic mass is 10.2. The summed E-state index contributed by atoms with van der Waals surface area (Å²) in [5, 5.41) is 2.72. The van der Waals surface area contributed by atoms with Crippen LogP contribution in [0.25, 0.3) is 0 Å². The number of hydrogen-bond donors (Lipinski definition) is 0. The van der Waals surface area contributed by atoms with Crippen LogP contribution < -0.4 is 10.4 Å². The molecule has 0 aromatic heterocycles. The Morgan fingerprint density at radius 2 is 1.21 bits per heavy atom. The minimum absolute atomic E-state index is 0.326. The summed E-state index contributed by atoms with van der Waals surface area (Å²) in [6, 6.07) is 21.7. The van der Waals surface area contributed by atoms with Crippen LogP contribution in [0.2, 0.25) is 19.6 Å². The highest BCUT2D eigenvalue weighted by molar-refractivity contribution is 7.48. The molecular formula is C20H30O2Si2. The second kappa shape index (κ2) is 7.36. The van der Waals surface area contributed by atoms with Crippen LogP contribution in [0.15, 0.2) is 60.7 Å². The number of ether oxygens (including phenoxy) is 1. The largest absolute Gasteiger partial charge is 0.403 e. The quantitative estimate of drug-likeness (QED) is 0.704. The van der Waals surface area contributed by atoms with Crippen molar-refractivity contribution >= 4 is 25.8 Å². The summed E-state index contributed by atoms with van der Waals surface area (Å²) in [7, 11) is -2.32. The number of methoxy groups -OCH3 is 1. The first kappa shape index (κ1) is 19.1. The molecule has 0 bridgehead atoms. The fourth-order valence-electron chi connectivity index (χ4n) is 3.44. The molecule has 0 radical (unpaired) electrons. The fourth-order valence-corrected chi connectivity index (χ4v) is 16.2. The van der Waals surface area contributed by atoms with Gasteiger partial charge < -0.3 is 9.16 Å². The van der Waals surface area contributed by atoms with Crippen LogP contribution >= 0.6 is 0 Å². The smallest absolute Gasteiger partial charge is 0.240 e. The van der Waals surface area contributed by atoms with Crippen molar-refractivity contribution in [3.63, 3.8) is 0 Å². The molecule has 2 aromatic carbocycles. The van der Waals surface area contributed by atoms with Crippen LogP contribution in [0.5, 0.6) is 0 Å². The second-order valence-electron chi connectivity index (χ2n) is 7.96. The SMILES string of the molecule is COCC(C)(C)O[Si](c1ccccc1)(c1ccccc1)[Si](C)(C)C. The maximum atomic E-state index is 7.08. The molecule has 0 aliphatic rings. The van der Waals surface area contributed by atoms with E-state index >= 15 is 0 Å². The van der Waals surface area contributed by atoms with Crippen LogP contribution in [0.1, 0.15) is 13.8 Å². The summed E-state index contributed by atoms with van der Waals surface area (Å²) in [4.78, 5) is 0. The van der Waals surface area contributed by atoms with Crippen LogP contribution in [0.3, 0.4) is 0 Å². The maximum absolute atomic E-state index is 7.08. The average Bonchev–Trinajstić information content (AvgIpc) is 2.53. The van der Waals surface area contributed by atoms with Crippen molar-refractivity contribution in [2.75, 3.05) is 13.7 Å². The molecule has 2 aromatic rings. The molecule has 0 spiro atoms. The van der Waals surface area contributed by atoms with Gasteiger partial charge in [0.2, 0.25) is 7.83 Å². The number of hydrogen-bond acceptors (Lipinski definition) is 2. The molecule has 4 heteroatoms. The molecule has 0 unspecified atom stereocenters. The zero-order chi connectivity index (χ0) is 17.8. The van der Waals surface area contributed by atoms with E-state index in [-0.39, 0.29) is 5.60 Å². The Bertz CT molecular complexity index is 594. The highest BCUT2D eigenvalue weighted by Gasteiger charge is 2.53. The molecule has 2 nitrogen and oxygen atoms in total. The first-order chi connectivity index (χ1) is 11.2. The lowest BCUT2D eigenvalue weighted by molar-refractivity contribution is 0.0166. The van der Waals surface area contributed by atoms with Gasteiger partial charge in [-0.3, -0.25) is 0 Å². The monoisotopic (exact) mass is 358 g/mol. The minimum Gasteiger partial charge on any atom is -0.403 e. The Labute approximate surface area is 148 Å². The van der Waals surface area contributed by atoms with Gasteiger partial charge in [-0.25, -0.2) is 0 Å². The molecule has 0 N–H and O–H groups in total. The summed E-state index contributed by atoms with van der Waals surface area (Å²) >= 11 is 0. The summed E-state index contributed by atoms with van der Waals surface area (Å²) in [5.74, 6) is 0. The lowest BCUT2D eigenvalue weighted by Crippen LogP contribution is -2.77. The zero-order valence-electron chi connectivity index (χ0n) is 15.8. The van der Waals surface area contributed by atoms with E-state index in [1.54, 1.807) is 7.11 Å². The standard InChI is InChI=1S/C20H30O2Si2/c1-20(2,17-21-3)22-24(23(4,5)6,18-13-9-7-10-14-18)19-15-11-8-12-16-19/h7-16H,17H2,1-6H3. The summed E-state index contributed by atoms with van der Waals surface area (Å²) in [6.07, 6.45) is 0. The summed E-state index contributed by atoms with van der Waals surface area (Å²) < 4.78 is 12.5. The zero-order valence-corrected chi connectivity index (χ0v) is 17.8. The molecule has 24 heavy (non-hydrogen) atoms. The first-order valence-electron chi connectivity index (χ1n) is 8.53. The van der Waals surface area contributed by atoms with Crippen molar-refractivity contribution < 1.29 is 9.16 Å². The van der Waals surface area contributed by atoms with Gasteiger partial charge in [-0.1, -0.05) is 80.3 Å². The predicted molar refractivity (Wildman–Crippen MR) is 108 cm³/mol. The van der Waals surface area contributed by atoms with Gasteiger partial charge in [-0.2, -0.15) is 0 Å². The van der Waals surface area contributed by atoms with E-state index in [0.717, 1.165) is 0 Å². The topological polar surface area (TPSA) is 18.5 Å². The molecule has 0 amide bonds. The third-order valence-electron chi connectivity index (χ3n) is 4.34. The first-order valence-corrected chi connectivity index (χ1v) is 14.9. The van der Waals surface area contributed by atoms with E-state index in [2.05, 4.69) is 94.2 Å². The van der Waals surface area contributed by atoms with E-state index < -0.39 is 15.4 Å². The number of rotatable bonds is 7. The third kappa shape index (κ3) is 3.88. The van der Waals surface area contributed by atoms with Gasteiger partial charge in [0, 0.05) is 7.11 Å². The van der Waals surface area contributed by atoms with Gasteiger partial charge in [0.1, 0.15) is 0 Å². The predicted octanol–water partition coefficient (Wildman–Crippen LogP) is 3.60. The van der Waals surface area contributed by atoms with Crippen LogP contribution in [0, 0.1) is 0 Å². The van der Waals surface area contributed by atoms with E-state index in [1.165, 1.54) is 10.4 Å². The second-order valence-corrected chi connectivity index (χ2v) is 21.8. The third-order valence-corrected chi connectivity index (χ3v) is 18.0. The van der Waals surface area contributed by atoms with Gasteiger partial charge in [-0.05, 0) is 24.2 Å². The van der Waals surface area contributed by atoms with Crippen molar-refractivity contribution in [3.8, 4) is 0 Å². The Morgan fingerprint density at radius 1 is 0.792 bits per heavy atom. The fraction of sp³-hybridized carbons (Fsp3) is 0.400. The molecule has 0 saturated carbocycles. The Kier molecular flexibility index (Phi) is 5.86. The van der Waals surface area contributed by atoms with Crippen LogP contribution in [-0.2, 0) is 9.16 Å². The molecule has 0 saturated heterocycles. The van der Waals surface area contributed by atoms with Gasteiger partial charge in [-0.15, -0.1) is 0 Å². The minimum atomic E-state index is -2.36. The van der Waals surface area contributed by atoms with Gasteiger partial charge in [0.05, 0.1) is 19.8 Å². The van der Waals surface area contributed by atoms with E-state index in [4.69, 9.17) is 9.16 Å². The van der Waals surface area contributed by atoms with Crippen molar-refractivity contribution in [2.45, 2.75) is 39.1 Å². The molecule has 0 atom stereocenters. The van der Waals surface area contributed by atoms with E-state index in [9.17, 15) is 0 Å². The van der Waals surface area contributed by atoms with Crippen LogP contribution in [0.4, 0.5) is 0 Å². The van der Waals surface area contributed by atoms with E-state index in [0.29, 0.717) is 6.61 Å². The molecular weight excluding hydrogens is 328 g/mol. The molecule has 0 aliphatic carbocycles. The van der Waals surface area contributed by atoms with Gasteiger partial charge >= 0.3 is 0 Å². The summed E-state index contributed by atoms with van der Waals surface area (Å²) in [6.45, 7) is 12.2. The van der Waals surface area contributed by atoms with Crippen molar-refractivity contribution in [1.29, 1.82) is 0 Å². The van der Waals surface area contributed by atoms with Gasteiger partial charge in [0.25, 0.3) is 0 Å². The highest BCUT2D eigenvalue weighted by Crippen LogP contribution is 2.27. The maximum Gasteiger partial charge on any atom is 0.240 e. The molecule has 2 rings (SSSR count). The molecule has 0 fully saturated rings. The molecule has 0 aliphatic heterocycles. The van der Waals surface area contributed by atoms with Crippen molar-refractivity contribution in [1.82, 2.24) is 0 Å².